The zero-order chi connectivity index (χ0) is 15.0. The zero-order valence-electron chi connectivity index (χ0n) is 12.1. The molecule has 0 unspecified atom stereocenters. The number of nitrogens with zero attached hydrogens (tertiary/aromatic N) is 2. The van der Waals surface area contributed by atoms with Gasteiger partial charge in [0.05, 0.1) is 20.1 Å². The molecule has 0 aromatic heterocycles. The van der Waals surface area contributed by atoms with Crippen LogP contribution in [-0.2, 0) is 19.1 Å². The molecule has 0 aromatic rings. The molecule has 114 valence electrons. The van der Waals surface area contributed by atoms with E-state index in [4.69, 9.17) is 4.74 Å². The second kappa shape index (κ2) is 8.39. The molecule has 0 bridgehead atoms. The predicted octanol–water partition coefficient (Wildman–Crippen LogP) is 0.630. The predicted molar refractivity (Wildman–Crippen MR) is 71.0 cm³/mol. The van der Waals surface area contributed by atoms with Crippen LogP contribution < -0.4 is 0 Å². The topological polar surface area (TPSA) is 76.2 Å². The number of rotatable bonds is 4. The molecule has 0 aliphatic carbocycles. The van der Waals surface area contributed by atoms with Crippen molar-refractivity contribution in [2.24, 2.45) is 0 Å². The Morgan fingerprint density at radius 2 is 1.65 bits per heavy atom. The summed E-state index contributed by atoms with van der Waals surface area (Å²) < 4.78 is 9.46. The van der Waals surface area contributed by atoms with E-state index in [1.165, 1.54) is 7.11 Å². The van der Waals surface area contributed by atoms with E-state index < -0.39 is 0 Å². The average Bonchev–Trinajstić information content (AvgIpc) is 2.70. The normalized spacial score (nSPS) is 15.5. The lowest BCUT2D eigenvalue weighted by molar-refractivity contribution is -0.143. The van der Waals surface area contributed by atoms with E-state index in [-0.39, 0.29) is 30.8 Å². The van der Waals surface area contributed by atoms with Crippen molar-refractivity contribution >= 4 is 18.0 Å². The van der Waals surface area contributed by atoms with Gasteiger partial charge in [-0.1, -0.05) is 0 Å². The minimum absolute atomic E-state index is 0.0823. The number of ether oxygens (including phenoxy) is 2. The van der Waals surface area contributed by atoms with Crippen LogP contribution in [0.25, 0.3) is 0 Å². The second-order valence-corrected chi connectivity index (χ2v) is 4.50. The third kappa shape index (κ3) is 5.07. The number of esters is 1. The molecule has 1 rings (SSSR count). The standard InChI is InChI=1S/C13H22N2O5/c1-3-20-13(18)15-8-4-7-14(9-10-15)11(16)5-6-12(17)19-2/h3-10H2,1-2H3. The molecule has 2 amide bonds. The van der Waals surface area contributed by atoms with Crippen LogP contribution in [0.3, 0.4) is 0 Å². The second-order valence-electron chi connectivity index (χ2n) is 4.50. The zero-order valence-corrected chi connectivity index (χ0v) is 12.1. The van der Waals surface area contributed by atoms with Gasteiger partial charge in [-0.3, -0.25) is 9.59 Å². The van der Waals surface area contributed by atoms with Crippen molar-refractivity contribution in [2.75, 3.05) is 39.9 Å². The van der Waals surface area contributed by atoms with Crippen molar-refractivity contribution in [1.82, 2.24) is 9.80 Å². The van der Waals surface area contributed by atoms with Gasteiger partial charge in [0.25, 0.3) is 0 Å². The molecule has 0 N–H and O–H groups in total. The molecule has 7 nitrogen and oxygen atoms in total. The van der Waals surface area contributed by atoms with Gasteiger partial charge in [-0.25, -0.2) is 4.79 Å². The number of carbonyl (C=O) groups excluding carboxylic acids is 3. The highest BCUT2D eigenvalue weighted by Gasteiger charge is 2.22. The highest BCUT2D eigenvalue weighted by molar-refractivity contribution is 5.81. The van der Waals surface area contributed by atoms with Gasteiger partial charge < -0.3 is 19.3 Å². The van der Waals surface area contributed by atoms with Gasteiger partial charge in [-0.05, 0) is 13.3 Å². The molecule has 1 saturated heterocycles. The van der Waals surface area contributed by atoms with Crippen molar-refractivity contribution < 1.29 is 23.9 Å². The summed E-state index contributed by atoms with van der Waals surface area (Å²) in [7, 11) is 1.30. The SMILES string of the molecule is CCOC(=O)N1CCCN(C(=O)CCC(=O)OC)CC1. The Morgan fingerprint density at radius 1 is 1.00 bits per heavy atom. The van der Waals surface area contributed by atoms with Crippen LogP contribution in [0.15, 0.2) is 0 Å². The molecular formula is C13H22N2O5. The van der Waals surface area contributed by atoms with Crippen LogP contribution in [-0.4, -0.2) is 67.7 Å². The van der Waals surface area contributed by atoms with Crippen LogP contribution in [0.5, 0.6) is 0 Å². The van der Waals surface area contributed by atoms with E-state index >= 15 is 0 Å². The van der Waals surface area contributed by atoms with Gasteiger partial charge in [0, 0.05) is 32.6 Å². The molecule has 1 aliphatic heterocycles. The fourth-order valence-electron chi connectivity index (χ4n) is 2.03. The maximum atomic E-state index is 12.0. The fraction of sp³-hybridized carbons (Fsp3) is 0.769. The van der Waals surface area contributed by atoms with Gasteiger partial charge in [0.1, 0.15) is 0 Å². The van der Waals surface area contributed by atoms with Crippen LogP contribution in [0.2, 0.25) is 0 Å². The van der Waals surface area contributed by atoms with Gasteiger partial charge in [0.15, 0.2) is 0 Å². The van der Waals surface area contributed by atoms with Crippen molar-refractivity contribution in [3.05, 3.63) is 0 Å². The van der Waals surface area contributed by atoms with Gasteiger partial charge in [0.2, 0.25) is 5.91 Å². The van der Waals surface area contributed by atoms with Gasteiger partial charge in [-0.15, -0.1) is 0 Å². The van der Waals surface area contributed by atoms with E-state index in [2.05, 4.69) is 4.74 Å². The lowest BCUT2D eigenvalue weighted by Gasteiger charge is -2.21. The molecule has 0 aromatic carbocycles. The summed E-state index contributed by atoms with van der Waals surface area (Å²) >= 11 is 0. The van der Waals surface area contributed by atoms with Crippen LogP contribution in [0.4, 0.5) is 4.79 Å². The number of amides is 2. The minimum atomic E-state index is -0.388. The first-order chi connectivity index (χ1) is 9.58. The van der Waals surface area contributed by atoms with E-state index in [1.807, 2.05) is 0 Å². The molecule has 0 spiro atoms. The highest BCUT2D eigenvalue weighted by atomic mass is 16.6. The first-order valence-corrected chi connectivity index (χ1v) is 6.84. The maximum absolute atomic E-state index is 12.0. The molecular weight excluding hydrogens is 264 g/mol. The van der Waals surface area contributed by atoms with E-state index in [0.29, 0.717) is 39.2 Å². The van der Waals surface area contributed by atoms with E-state index in [0.717, 1.165) is 0 Å². The summed E-state index contributed by atoms with van der Waals surface area (Å²) in [5, 5.41) is 0. The molecule has 0 atom stereocenters. The van der Waals surface area contributed by atoms with Crippen molar-refractivity contribution in [3.8, 4) is 0 Å². The first-order valence-electron chi connectivity index (χ1n) is 6.84. The molecule has 1 aliphatic rings. The van der Waals surface area contributed by atoms with Crippen LogP contribution in [0.1, 0.15) is 26.2 Å². The fourth-order valence-corrected chi connectivity index (χ4v) is 2.03. The Morgan fingerprint density at radius 3 is 2.30 bits per heavy atom. The Balaban J connectivity index is 2.41. The Labute approximate surface area is 118 Å². The third-order valence-electron chi connectivity index (χ3n) is 3.15. The summed E-state index contributed by atoms with van der Waals surface area (Å²) in [5.41, 5.74) is 0. The van der Waals surface area contributed by atoms with Crippen molar-refractivity contribution in [1.29, 1.82) is 0 Å². The van der Waals surface area contributed by atoms with Crippen LogP contribution >= 0.6 is 0 Å². The van der Waals surface area contributed by atoms with E-state index in [9.17, 15) is 14.4 Å². The van der Waals surface area contributed by atoms with Gasteiger partial charge in [-0.2, -0.15) is 0 Å². The average molecular weight is 286 g/mol. The summed E-state index contributed by atoms with van der Waals surface area (Å²) in [6.07, 6.45) is 0.610. The summed E-state index contributed by atoms with van der Waals surface area (Å²) in [6.45, 7) is 4.21. The highest BCUT2D eigenvalue weighted by Crippen LogP contribution is 2.07. The largest absolute Gasteiger partial charge is 0.469 e. The molecule has 0 saturated carbocycles. The molecule has 1 fully saturated rings. The maximum Gasteiger partial charge on any atom is 0.409 e. The third-order valence-corrected chi connectivity index (χ3v) is 3.15. The first kappa shape index (κ1) is 16.3. The Hall–Kier alpha value is -1.79. The number of hydrogen-bond donors (Lipinski definition) is 0. The molecule has 7 heteroatoms. The quantitative estimate of drug-likeness (QED) is 0.708. The lowest BCUT2D eigenvalue weighted by Crippen LogP contribution is -2.37. The van der Waals surface area contributed by atoms with Crippen molar-refractivity contribution in [3.63, 3.8) is 0 Å². The van der Waals surface area contributed by atoms with Crippen LogP contribution in [0, 0.1) is 0 Å². The number of carbonyl (C=O) groups is 3. The summed E-state index contributed by atoms with van der Waals surface area (Å²) in [5.74, 6) is -0.470. The molecule has 20 heavy (non-hydrogen) atoms. The molecule has 0 radical (unpaired) electrons. The Bertz CT molecular complexity index is 359. The lowest BCUT2D eigenvalue weighted by atomic mass is 10.2. The smallest absolute Gasteiger partial charge is 0.409 e. The monoisotopic (exact) mass is 286 g/mol. The Kier molecular flexibility index (Phi) is 6.83. The summed E-state index contributed by atoms with van der Waals surface area (Å²) in [4.78, 5) is 37.9. The minimum Gasteiger partial charge on any atom is -0.469 e. The van der Waals surface area contributed by atoms with E-state index in [1.54, 1.807) is 16.7 Å². The van der Waals surface area contributed by atoms with Gasteiger partial charge >= 0.3 is 12.1 Å². The molecule has 1 heterocycles. The number of hydrogen-bond acceptors (Lipinski definition) is 5. The summed E-state index contributed by atoms with van der Waals surface area (Å²) in [6, 6.07) is 0. The van der Waals surface area contributed by atoms with Crippen molar-refractivity contribution in [2.45, 2.75) is 26.2 Å². The number of methoxy groups -OCH3 is 1.